The summed E-state index contributed by atoms with van der Waals surface area (Å²) >= 11 is 0. The van der Waals surface area contributed by atoms with Crippen molar-refractivity contribution < 1.29 is 0 Å². The quantitative estimate of drug-likeness (QED) is 0.708. The zero-order chi connectivity index (χ0) is 8.84. The van der Waals surface area contributed by atoms with E-state index in [1.54, 1.807) is 0 Å². The van der Waals surface area contributed by atoms with Gasteiger partial charge in [0.05, 0.1) is 5.69 Å². The van der Waals surface area contributed by atoms with Crippen LogP contribution in [0.5, 0.6) is 0 Å². The van der Waals surface area contributed by atoms with E-state index in [1.165, 1.54) is 30.5 Å². The molecule has 3 rings (SSSR count). The molecule has 13 heavy (non-hydrogen) atoms. The fourth-order valence-electron chi connectivity index (χ4n) is 2.69. The predicted molar refractivity (Wildman–Crippen MR) is 50.9 cm³/mol. The Bertz CT molecular complexity index is 348. The maximum absolute atomic E-state index is 4.30. The molecule has 0 amide bonds. The molecule has 1 fully saturated rings. The van der Waals surface area contributed by atoms with Gasteiger partial charge in [-0.3, -0.25) is 0 Å². The summed E-state index contributed by atoms with van der Waals surface area (Å²) < 4.78 is 0. The lowest BCUT2D eigenvalue weighted by molar-refractivity contribution is 0.681. The average Bonchev–Trinajstić information content (AvgIpc) is 2.77. The number of fused-ring (bicyclic) bond motifs is 5. The van der Waals surface area contributed by atoms with Crippen molar-refractivity contribution in [2.45, 2.75) is 31.1 Å². The molecule has 2 unspecified atom stereocenters. The lowest BCUT2D eigenvalue weighted by Crippen LogP contribution is -2.05. The molecule has 2 atom stereocenters. The Morgan fingerprint density at radius 2 is 2.15 bits per heavy atom. The minimum Gasteiger partial charge on any atom is -0.372 e. The highest BCUT2D eigenvalue weighted by Crippen LogP contribution is 2.52. The Hall–Kier alpha value is -1.12. The Morgan fingerprint density at radius 1 is 1.31 bits per heavy atom. The highest BCUT2D eigenvalue weighted by Gasteiger charge is 2.38. The molecule has 3 heteroatoms. The number of nitrogens with one attached hydrogen (secondary N) is 1. The van der Waals surface area contributed by atoms with Gasteiger partial charge in [0.15, 0.2) is 0 Å². The van der Waals surface area contributed by atoms with Crippen LogP contribution in [0.25, 0.3) is 0 Å². The monoisotopic (exact) mass is 175 g/mol. The molecular formula is C10H13N3. The van der Waals surface area contributed by atoms with E-state index in [1.807, 2.05) is 7.05 Å². The minimum absolute atomic E-state index is 0.721. The van der Waals surface area contributed by atoms with Crippen LogP contribution in [-0.2, 0) is 0 Å². The molecule has 1 heterocycles. The maximum atomic E-state index is 4.30. The van der Waals surface area contributed by atoms with E-state index in [4.69, 9.17) is 0 Å². The summed E-state index contributed by atoms with van der Waals surface area (Å²) in [6, 6.07) is 2.17. The van der Waals surface area contributed by atoms with Gasteiger partial charge in [0.2, 0.25) is 0 Å². The summed E-state index contributed by atoms with van der Waals surface area (Å²) in [4.78, 5) is 0. The van der Waals surface area contributed by atoms with Gasteiger partial charge in [-0.2, -0.15) is 5.10 Å². The first-order valence-corrected chi connectivity index (χ1v) is 4.93. The van der Waals surface area contributed by atoms with Crippen molar-refractivity contribution in [3.05, 3.63) is 17.3 Å². The van der Waals surface area contributed by atoms with Gasteiger partial charge >= 0.3 is 0 Å². The first-order valence-electron chi connectivity index (χ1n) is 4.93. The third-order valence-corrected chi connectivity index (χ3v) is 3.37. The summed E-state index contributed by atoms with van der Waals surface area (Å²) in [5.41, 5.74) is 2.73. The van der Waals surface area contributed by atoms with Gasteiger partial charge in [-0.05, 0) is 36.8 Å². The zero-order valence-electron chi connectivity index (χ0n) is 7.75. The molecule has 0 aromatic carbocycles. The first-order chi connectivity index (χ1) is 6.38. The molecule has 1 aromatic heterocycles. The smallest absolute Gasteiger partial charge is 0.148 e. The van der Waals surface area contributed by atoms with Crippen LogP contribution in [0, 0.1) is 0 Å². The topological polar surface area (TPSA) is 37.8 Å². The Labute approximate surface area is 77.6 Å². The van der Waals surface area contributed by atoms with Crippen LogP contribution >= 0.6 is 0 Å². The molecule has 1 N–H and O–H groups in total. The van der Waals surface area contributed by atoms with Crippen LogP contribution in [0.1, 0.15) is 42.4 Å². The molecule has 0 spiro atoms. The molecule has 68 valence electrons. The van der Waals surface area contributed by atoms with Crippen LogP contribution in [0.15, 0.2) is 6.07 Å². The predicted octanol–water partition coefficient (Wildman–Crippen LogP) is 1.88. The number of rotatable bonds is 1. The highest BCUT2D eigenvalue weighted by molar-refractivity contribution is 5.44. The lowest BCUT2D eigenvalue weighted by atomic mass is 9.97. The zero-order valence-corrected chi connectivity index (χ0v) is 7.75. The minimum atomic E-state index is 0.721. The molecule has 2 aliphatic carbocycles. The summed E-state index contributed by atoms with van der Waals surface area (Å²) in [5.74, 6) is 2.41. The Morgan fingerprint density at radius 3 is 3.00 bits per heavy atom. The molecule has 3 nitrogen and oxygen atoms in total. The summed E-state index contributed by atoms with van der Waals surface area (Å²) in [5, 5.41) is 11.5. The van der Waals surface area contributed by atoms with Gasteiger partial charge in [-0.1, -0.05) is 0 Å². The van der Waals surface area contributed by atoms with E-state index in [2.05, 4.69) is 21.6 Å². The van der Waals surface area contributed by atoms with Gasteiger partial charge in [-0.25, -0.2) is 0 Å². The molecular weight excluding hydrogens is 162 g/mol. The van der Waals surface area contributed by atoms with Crippen molar-refractivity contribution in [3.63, 3.8) is 0 Å². The Balaban J connectivity index is 2.11. The largest absolute Gasteiger partial charge is 0.372 e. The highest BCUT2D eigenvalue weighted by atomic mass is 15.2. The number of hydrogen-bond acceptors (Lipinski definition) is 3. The SMILES string of the molecule is CNc1cc2c(nn1)C1CCC2C1. The summed E-state index contributed by atoms with van der Waals surface area (Å²) in [6.45, 7) is 0. The average molecular weight is 175 g/mol. The third-order valence-electron chi connectivity index (χ3n) is 3.37. The number of aromatic nitrogens is 2. The summed E-state index contributed by atoms with van der Waals surface area (Å²) in [7, 11) is 1.89. The van der Waals surface area contributed by atoms with Crippen molar-refractivity contribution in [3.8, 4) is 0 Å². The lowest BCUT2D eigenvalue weighted by Gasteiger charge is -2.13. The third kappa shape index (κ3) is 0.900. The van der Waals surface area contributed by atoms with Gasteiger partial charge in [0.1, 0.15) is 5.82 Å². The number of anilines is 1. The van der Waals surface area contributed by atoms with Crippen molar-refractivity contribution in [2.75, 3.05) is 12.4 Å². The first kappa shape index (κ1) is 7.30. The van der Waals surface area contributed by atoms with Gasteiger partial charge < -0.3 is 5.32 Å². The van der Waals surface area contributed by atoms with Crippen LogP contribution in [-0.4, -0.2) is 17.2 Å². The maximum Gasteiger partial charge on any atom is 0.148 e. The van der Waals surface area contributed by atoms with Gasteiger partial charge in [-0.15, -0.1) is 5.10 Å². The van der Waals surface area contributed by atoms with Crippen LogP contribution in [0.2, 0.25) is 0 Å². The van der Waals surface area contributed by atoms with Crippen molar-refractivity contribution in [2.24, 2.45) is 0 Å². The van der Waals surface area contributed by atoms with Crippen molar-refractivity contribution in [1.29, 1.82) is 0 Å². The van der Waals surface area contributed by atoms with Gasteiger partial charge in [0.25, 0.3) is 0 Å². The van der Waals surface area contributed by atoms with E-state index in [0.29, 0.717) is 0 Å². The molecule has 0 aliphatic heterocycles. The second-order valence-electron chi connectivity index (χ2n) is 4.03. The van der Waals surface area contributed by atoms with E-state index in [9.17, 15) is 0 Å². The van der Waals surface area contributed by atoms with Crippen LogP contribution in [0.4, 0.5) is 5.82 Å². The normalized spacial score (nSPS) is 29.0. The van der Waals surface area contributed by atoms with Crippen LogP contribution < -0.4 is 5.32 Å². The fraction of sp³-hybridized carbons (Fsp3) is 0.600. The molecule has 0 saturated heterocycles. The van der Waals surface area contributed by atoms with E-state index in [0.717, 1.165) is 17.7 Å². The fourth-order valence-corrected chi connectivity index (χ4v) is 2.69. The van der Waals surface area contributed by atoms with Crippen LogP contribution in [0.3, 0.4) is 0 Å². The van der Waals surface area contributed by atoms with E-state index < -0.39 is 0 Å². The Kier molecular flexibility index (Phi) is 1.37. The second kappa shape index (κ2) is 2.44. The van der Waals surface area contributed by atoms with Crippen molar-refractivity contribution >= 4 is 5.82 Å². The van der Waals surface area contributed by atoms with E-state index in [-0.39, 0.29) is 0 Å². The molecule has 1 aromatic rings. The molecule has 1 saturated carbocycles. The standard InChI is InChI=1S/C10H13N3/c1-11-9-5-8-6-2-3-7(4-6)10(8)13-12-9/h5-7H,2-4H2,1H3,(H,11,12). The molecule has 2 aliphatic rings. The number of hydrogen-bond donors (Lipinski definition) is 1. The second-order valence-corrected chi connectivity index (χ2v) is 4.03. The molecule has 2 bridgehead atoms. The molecule has 0 radical (unpaired) electrons. The summed E-state index contributed by atoms with van der Waals surface area (Å²) in [6.07, 6.45) is 3.99. The van der Waals surface area contributed by atoms with Gasteiger partial charge in [0, 0.05) is 13.0 Å². The van der Waals surface area contributed by atoms with Crippen molar-refractivity contribution in [1.82, 2.24) is 10.2 Å². The van der Waals surface area contributed by atoms with E-state index >= 15 is 0 Å². The number of nitrogens with zero attached hydrogens (tertiary/aromatic N) is 2.